The summed E-state index contributed by atoms with van der Waals surface area (Å²) in [5.41, 5.74) is 9.42. The van der Waals surface area contributed by atoms with Crippen LogP contribution in [0, 0.1) is 27.7 Å². The van der Waals surface area contributed by atoms with Gasteiger partial charge in [0.2, 0.25) is 0 Å². The molecule has 6 aromatic rings. The summed E-state index contributed by atoms with van der Waals surface area (Å²) in [6.45, 7) is 10.9. The van der Waals surface area contributed by atoms with Crippen molar-refractivity contribution >= 4 is 62.6 Å². The first-order valence-electron chi connectivity index (χ1n) is 16.3. The number of aromatic amines is 1. The Kier molecular flexibility index (Phi) is 8.24. The third kappa shape index (κ3) is 5.27. The summed E-state index contributed by atoms with van der Waals surface area (Å²) in [5.74, 6) is -0.425. The summed E-state index contributed by atoms with van der Waals surface area (Å²) in [6, 6.07) is 13.1. The molecule has 0 saturated heterocycles. The second-order valence-electron chi connectivity index (χ2n) is 13.0. The number of H-pyrrole nitrogens is 1. The van der Waals surface area contributed by atoms with Crippen LogP contribution in [0.4, 0.5) is 5.69 Å². The lowest BCUT2D eigenvalue weighted by Crippen LogP contribution is -2.42. The van der Waals surface area contributed by atoms with E-state index in [0.29, 0.717) is 53.3 Å². The highest BCUT2D eigenvalue weighted by Gasteiger charge is 2.37. The molecule has 1 atom stereocenters. The number of hydrogen-bond donors (Lipinski definition) is 2. The number of carbonyl (C=O) groups excluding carboxylic acids is 1. The number of nitrogens with one attached hydrogen (secondary N) is 1. The highest BCUT2D eigenvalue weighted by atomic mass is 35.5. The van der Waals surface area contributed by atoms with Gasteiger partial charge in [0, 0.05) is 58.4 Å². The van der Waals surface area contributed by atoms with Gasteiger partial charge in [0.15, 0.2) is 0 Å². The Labute approximate surface area is 294 Å². The first-order valence-corrected chi connectivity index (χ1v) is 17.0. The maximum atomic E-state index is 14.9. The normalized spacial score (nSPS) is 14.7. The van der Waals surface area contributed by atoms with Gasteiger partial charge in [-0.05, 0) is 88.4 Å². The van der Waals surface area contributed by atoms with Crippen molar-refractivity contribution in [3.63, 3.8) is 0 Å². The van der Waals surface area contributed by atoms with Crippen molar-refractivity contribution in [1.82, 2.24) is 19.3 Å². The van der Waals surface area contributed by atoms with Crippen molar-refractivity contribution in [2.24, 2.45) is 7.05 Å². The Balaban J connectivity index is 1.37. The van der Waals surface area contributed by atoms with Crippen molar-refractivity contribution in [2.75, 3.05) is 18.1 Å². The van der Waals surface area contributed by atoms with Crippen molar-refractivity contribution in [2.45, 2.75) is 53.5 Å². The van der Waals surface area contributed by atoms with Gasteiger partial charge in [0.25, 0.3) is 5.91 Å². The molecule has 0 aliphatic carbocycles. The van der Waals surface area contributed by atoms with Crippen LogP contribution in [0.25, 0.3) is 32.9 Å². The van der Waals surface area contributed by atoms with Crippen LogP contribution >= 0.6 is 23.2 Å². The molecule has 1 amide bonds. The highest BCUT2D eigenvalue weighted by molar-refractivity contribution is 6.35. The van der Waals surface area contributed by atoms with E-state index in [2.05, 4.69) is 16.5 Å². The van der Waals surface area contributed by atoms with E-state index in [-0.39, 0.29) is 17.5 Å². The molecule has 1 aliphatic heterocycles. The Morgan fingerprint density at radius 3 is 2.47 bits per heavy atom. The molecule has 3 aromatic heterocycles. The molecule has 49 heavy (non-hydrogen) atoms. The third-order valence-electron chi connectivity index (χ3n) is 9.78. The first-order chi connectivity index (χ1) is 23.4. The number of aromatic nitrogens is 4. The van der Waals surface area contributed by atoms with E-state index in [1.807, 2.05) is 69.8 Å². The van der Waals surface area contributed by atoms with Gasteiger partial charge in [0.05, 0.1) is 39.6 Å². The SMILES string of the molecule is Cc1cc(OCCCc2c3n(c4c(-c5c(C)nn(C)c5C)c(Cl)ccc24)C(C)CN(c2cccc4c(C(=O)O)c[nH]c24)C3=O)cc(C)c1Cl. The molecule has 0 bridgehead atoms. The number of carboxylic acid groups (broad SMARTS) is 1. The van der Waals surface area contributed by atoms with Crippen LogP contribution in [0.3, 0.4) is 0 Å². The number of amides is 1. The minimum atomic E-state index is -1.03. The van der Waals surface area contributed by atoms with Gasteiger partial charge in [-0.3, -0.25) is 9.48 Å². The summed E-state index contributed by atoms with van der Waals surface area (Å²) in [6.07, 6.45) is 2.72. The first kappa shape index (κ1) is 32.8. The number of para-hydroxylation sites is 1. The molecule has 3 aromatic carbocycles. The number of aryl methyl sites for hydroxylation is 5. The lowest BCUT2D eigenvalue weighted by Gasteiger charge is -2.34. The zero-order valence-corrected chi connectivity index (χ0v) is 29.8. The maximum absolute atomic E-state index is 14.9. The molecule has 4 heterocycles. The topological polar surface area (TPSA) is 105 Å². The van der Waals surface area contributed by atoms with Gasteiger partial charge in [-0.25, -0.2) is 4.79 Å². The quantitative estimate of drug-likeness (QED) is 0.155. The summed E-state index contributed by atoms with van der Waals surface area (Å²) in [7, 11) is 1.92. The average Bonchev–Trinajstić information content (AvgIpc) is 3.72. The molecular weight excluding hydrogens is 661 g/mol. The second kappa shape index (κ2) is 12.3. The van der Waals surface area contributed by atoms with Gasteiger partial charge >= 0.3 is 5.97 Å². The molecule has 0 fully saturated rings. The second-order valence-corrected chi connectivity index (χ2v) is 13.8. The third-order valence-corrected chi connectivity index (χ3v) is 10.7. The fourth-order valence-electron chi connectivity index (χ4n) is 7.48. The summed E-state index contributed by atoms with van der Waals surface area (Å²) in [5, 5.41) is 17.3. The van der Waals surface area contributed by atoms with Gasteiger partial charge in [0.1, 0.15) is 11.4 Å². The lowest BCUT2D eigenvalue weighted by molar-refractivity contribution is 0.0698. The zero-order chi connectivity index (χ0) is 34.9. The van der Waals surface area contributed by atoms with Crippen LogP contribution < -0.4 is 9.64 Å². The molecule has 9 nitrogen and oxygen atoms in total. The van der Waals surface area contributed by atoms with Gasteiger partial charge in [-0.1, -0.05) is 41.4 Å². The molecule has 0 spiro atoms. The summed E-state index contributed by atoms with van der Waals surface area (Å²) >= 11 is 13.4. The molecule has 0 saturated carbocycles. The standard InChI is InChI=1S/C38H37Cl2N5O4/c1-19-15-24(16-20(2)33(19)40)49-14-8-10-26-27-12-13-29(39)32(31-22(4)42-43(6)23(31)5)35(27)45-21(3)18-44(37(46)36(26)45)30-11-7-9-25-28(38(47)48)17-41-34(25)30/h7,9,11-13,15-17,21,41H,8,10,14,18H2,1-6H3,(H,47,48). The molecule has 0 radical (unpaired) electrons. The van der Waals surface area contributed by atoms with Gasteiger partial charge < -0.3 is 24.3 Å². The fourth-order valence-corrected chi connectivity index (χ4v) is 7.83. The number of hydrogen-bond acceptors (Lipinski definition) is 4. The highest BCUT2D eigenvalue weighted by Crippen LogP contribution is 2.45. The lowest BCUT2D eigenvalue weighted by atomic mass is 9.98. The van der Waals surface area contributed by atoms with Crippen LogP contribution in [-0.2, 0) is 13.5 Å². The number of carbonyl (C=O) groups is 2. The molecule has 252 valence electrons. The van der Waals surface area contributed by atoms with Crippen molar-refractivity contribution < 1.29 is 19.4 Å². The Morgan fingerprint density at radius 2 is 1.80 bits per heavy atom. The van der Waals surface area contributed by atoms with E-state index < -0.39 is 5.97 Å². The van der Waals surface area contributed by atoms with E-state index in [0.717, 1.165) is 60.9 Å². The molecule has 11 heteroatoms. The van der Waals surface area contributed by atoms with E-state index in [9.17, 15) is 14.7 Å². The van der Waals surface area contributed by atoms with Crippen LogP contribution in [0.15, 0.2) is 48.7 Å². The summed E-state index contributed by atoms with van der Waals surface area (Å²) < 4.78 is 10.2. The zero-order valence-electron chi connectivity index (χ0n) is 28.2. The van der Waals surface area contributed by atoms with Crippen LogP contribution in [0.2, 0.25) is 10.0 Å². The minimum absolute atomic E-state index is 0.140. The number of halogens is 2. The minimum Gasteiger partial charge on any atom is -0.494 e. The van der Waals surface area contributed by atoms with E-state index in [1.54, 1.807) is 17.0 Å². The number of aromatic carboxylic acids is 1. The van der Waals surface area contributed by atoms with E-state index in [1.165, 1.54) is 6.20 Å². The monoisotopic (exact) mass is 697 g/mol. The van der Waals surface area contributed by atoms with Crippen molar-refractivity contribution in [3.8, 4) is 16.9 Å². The fraction of sp³-hybridized carbons (Fsp3) is 0.289. The summed E-state index contributed by atoms with van der Waals surface area (Å²) in [4.78, 5) is 31.7. The number of anilines is 1. The van der Waals surface area contributed by atoms with Crippen molar-refractivity contribution in [1.29, 1.82) is 0 Å². The van der Waals surface area contributed by atoms with Gasteiger partial charge in [-0.2, -0.15) is 5.10 Å². The van der Waals surface area contributed by atoms with E-state index >= 15 is 0 Å². The number of carboxylic acids is 1. The maximum Gasteiger partial charge on any atom is 0.337 e. The molecule has 7 rings (SSSR count). The smallest absolute Gasteiger partial charge is 0.337 e. The van der Waals surface area contributed by atoms with Crippen LogP contribution in [0.5, 0.6) is 5.75 Å². The Hall–Kier alpha value is -4.73. The molecule has 2 N–H and O–H groups in total. The largest absolute Gasteiger partial charge is 0.494 e. The predicted molar refractivity (Wildman–Crippen MR) is 195 cm³/mol. The van der Waals surface area contributed by atoms with Gasteiger partial charge in [-0.15, -0.1) is 0 Å². The number of ether oxygens (including phenoxy) is 1. The van der Waals surface area contributed by atoms with Crippen molar-refractivity contribution in [3.05, 3.63) is 98.0 Å². The van der Waals surface area contributed by atoms with E-state index in [4.69, 9.17) is 33.0 Å². The Morgan fingerprint density at radius 1 is 1.06 bits per heavy atom. The number of fused-ring (bicyclic) bond motifs is 4. The number of rotatable bonds is 8. The molecular formula is C38H37Cl2N5O4. The van der Waals surface area contributed by atoms with Crippen LogP contribution in [-0.4, -0.2) is 49.5 Å². The number of nitrogens with zero attached hydrogens (tertiary/aromatic N) is 4. The molecule has 1 unspecified atom stereocenters. The van der Waals surface area contributed by atoms with Crippen LogP contribution in [0.1, 0.15) is 68.3 Å². The predicted octanol–water partition coefficient (Wildman–Crippen LogP) is 8.99. The Bertz CT molecular complexity index is 2310. The number of benzene rings is 3. The molecule has 1 aliphatic rings. The average molecular weight is 699 g/mol.